The van der Waals surface area contributed by atoms with Crippen LogP contribution < -0.4 is 17.0 Å². The topological polar surface area (TPSA) is 280 Å². The van der Waals surface area contributed by atoms with Gasteiger partial charge in [0.15, 0.2) is 35.0 Å². The van der Waals surface area contributed by atoms with E-state index < -0.39 is 52.7 Å². The summed E-state index contributed by atoms with van der Waals surface area (Å²) < 4.78 is 55.2. The zero-order valence-corrected chi connectivity index (χ0v) is 24.7. The fourth-order valence-electron chi connectivity index (χ4n) is 5.67. The summed E-state index contributed by atoms with van der Waals surface area (Å²) in [6.45, 7) is -0.386. The highest BCUT2D eigenvalue weighted by Gasteiger charge is 2.53. The largest absolute Gasteiger partial charge is 0.697 e. The molecule has 0 aromatic carbocycles. The number of hydrogen-bond acceptors (Lipinski definition) is 16. The summed E-state index contributed by atoms with van der Waals surface area (Å²) >= 11 is 0. The second-order valence-corrected chi connectivity index (χ2v) is 11.9. The van der Waals surface area contributed by atoms with E-state index in [1.807, 2.05) is 0 Å². The maximum Gasteiger partial charge on any atom is 0.697 e. The average molecular weight is 654 g/mol. The Morgan fingerprint density at radius 3 is 2.59 bits per heavy atom. The van der Waals surface area contributed by atoms with E-state index in [1.54, 1.807) is 10.9 Å². The molecule has 2 aliphatic rings. The molecule has 4 aromatic heterocycles. The van der Waals surface area contributed by atoms with Gasteiger partial charge in [-0.15, -0.1) is 18.5 Å². The molecule has 0 spiro atoms. The third-order valence-electron chi connectivity index (χ3n) is 7.59. The van der Waals surface area contributed by atoms with Gasteiger partial charge in [-0.1, -0.05) is 0 Å². The Morgan fingerprint density at radius 2 is 1.82 bits per heavy atom. The van der Waals surface area contributed by atoms with Crippen molar-refractivity contribution in [3.05, 3.63) is 29.3 Å². The summed E-state index contributed by atoms with van der Waals surface area (Å²) in [7, 11) is -4.40. The maximum absolute atomic E-state index is 13.1. The molecule has 0 bridgehead atoms. The lowest BCUT2D eigenvalue weighted by Gasteiger charge is -2.18. The molecule has 0 amide bonds. The summed E-state index contributed by atoms with van der Waals surface area (Å²) in [6, 6.07) is -0.372. The van der Waals surface area contributed by atoms with Crippen molar-refractivity contribution in [2.45, 2.75) is 49.5 Å². The number of nitrogens with one attached hydrogen (secondary N) is 1. The van der Waals surface area contributed by atoms with Crippen LogP contribution >= 0.6 is 16.5 Å². The number of aliphatic hydroxyl groups excluding tert-OH is 1. The molecular weight excluding hydrogens is 626 g/mol. The van der Waals surface area contributed by atoms with Gasteiger partial charge < -0.3 is 30.6 Å². The second kappa shape index (κ2) is 12.4. The molecule has 0 radical (unpaired) electrons. The molecule has 234 valence electrons. The number of anilines is 2. The minimum atomic E-state index is -2.95. The van der Waals surface area contributed by atoms with Gasteiger partial charge in [0.25, 0.3) is 5.56 Å². The highest BCUT2D eigenvalue weighted by Crippen LogP contribution is 2.43. The number of nitrogens with two attached hydrogens (primary N) is 2. The van der Waals surface area contributed by atoms with Crippen molar-refractivity contribution in [1.82, 2.24) is 39.0 Å². The number of nitrogens with zero attached hydrogens (tertiary/aromatic N) is 7. The van der Waals surface area contributed by atoms with Gasteiger partial charge in [0, 0.05) is 16.2 Å². The average Bonchev–Trinajstić information content (AvgIpc) is 3.75. The van der Waals surface area contributed by atoms with Crippen LogP contribution in [-0.4, -0.2) is 93.8 Å². The van der Waals surface area contributed by atoms with Crippen LogP contribution in [0.25, 0.3) is 22.3 Å². The van der Waals surface area contributed by atoms with Gasteiger partial charge in [-0.05, 0) is 18.8 Å². The van der Waals surface area contributed by atoms with Crippen molar-refractivity contribution in [3.8, 4) is 0 Å². The first kappa shape index (κ1) is 30.4. The van der Waals surface area contributed by atoms with Crippen molar-refractivity contribution in [3.63, 3.8) is 0 Å². The van der Waals surface area contributed by atoms with Crippen LogP contribution in [0, 0.1) is 5.92 Å². The summed E-state index contributed by atoms with van der Waals surface area (Å²) in [5.41, 5.74) is 12.0. The summed E-state index contributed by atoms with van der Waals surface area (Å²) in [5, 5.41) is 10.8. The van der Waals surface area contributed by atoms with E-state index in [0.717, 1.165) is 0 Å². The van der Waals surface area contributed by atoms with Crippen molar-refractivity contribution in [2.75, 3.05) is 31.8 Å². The van der Waals surface area contributed by atoms with Crippen LogP contribution in [0.4, 0.5) is 11.8 Å². The number of aromatic amines is 1. The van der Waals surface area contributed by atoms with E-state index in [4.69, 9.17) is 39.4 Å². The van der Waals surface area contributed by atoms with Gasteiger partial charge in [0.05, 0.1) is 24.8 Å². The van der Waals surface area contributed by atoms with E-state index in [0.29, 0.717) is 24.0 Å². The molecule has 9 atom stereocenters. The van der Waals surface area contributed by atoms with Crippen molar-refractivity contribution >= 4 is 50.6 Å². The van der Waals surface area contributed by atoms with Gasteiger partial charge >= 0.3 is 16.5 Å². The molecule has 1 aliphatic heterocycles. The molecular formula is C22H28N10O10P2+2. The lowest BCUT2D eigenvalue weighted by Crippen LogP contribution is -2.36. The smallest absolute Gasteiger partial charge is 0.391 e. The number of methoxy groups -OCH3 is 1. The Bertz CT molecular complexity index is 1770. The molecule has 2 fully saturated rings. The standard InChI is InChI=1S/C22H26N10O10P2/c1-38-15-12(5-39-43(35)36)41-21(32-8-28-14-19(32)29-22(24)30-20(14)34)16(15)42-44(37)40-4-9-2-10(11(33)3-9)31-7-27-13-17(23)25-6-26-18(13)31/h6-12,15-16,21,33H,2-5H2,1H3,(H4-2,23,24,25,26,29,30,34,35,36)/p+2/t9-,10+,11+,12+,15+,16+,21+/m0/s1. The SMILES string of the molecule is CO[C@H]1[C@@H](O[P+](=O)OC[C@@H]2C[C@@H](O)[C@H](n3cnc4c(N)ncnc43)C2)[C@H](n2cnc3c(=O)[nH]c(N)nc32)O[C@@H]1CO[P+](=O)O. The van der Waals surface area contributed by atoms with Crippen molar-refractivity contribution < 1.29 is 42.2 Å². The van der Waals surface area contributed by atoms with Crippen LogP contribution in [0.3, 0.4) is 0 Å². The van der Waals surface area contributed by atoms with Gasteiger partial charge in [-0.3, -0.25) is 14.3 Å². The predicted molar refractivity (Wildman–Crippen MR) is 149 cm³/mol. The molecule has 4 aromatic rings. The van der Waals surface area contributed by atoms with Crippen LogP contribution in [-0.2, 0) is 32.2 Å². The zero-order valence-electron chi connectivity index (χ0n) is 22.9. The summed E-state index contributed by atoms with van der Waals surface area (Å²) in [5.74, 6) is -0.139. The third kappa shape index (κ3) is 5.79. The Balaban J connectivity index is 1.17. The molecule has 2 unspecified atom stereocenters. The van der Waals surface area contributed by atoms with Gasteiger partial charge in [0.2, 0.25) is 5.95 Å². The highest BCUT2D eigenvalue weighted by atomic mass is 31.1. The lowest BCUT2D eigenvalue weighted by molar-refractivity contribution is -0.0486. The van der Waals surface area contributed by atoms with Gasteiger partial charge in [0.1, 0.15) is 37.3 Å². The number of aromatic nitrogens is 8. The molecule has 22 heteroatoms. The first-order chi connectivity index (χ1) is 21.1. The second-order valence-electron chi connectivity index (χ2n) is 10.2. The van der Waals surface area contributed by atoms with Gasteiger partial charge in [-0.25, -0.2) is 19.9 Å². The van der Waals surface area contributed by atoms with E-state index in [2.05, 4.69) is 29.9 Å². The van der Waals surface area contributed by atoms with E-state index in [-0.39, 0.29) is 48.1 Å². The van der Waals surface area contributed by atoms with Crippen molar-refractivity contribution in [2.24, 2.45) is 5.92 Å². The molecule has 6 rings (SSSR count). The van der Waals surface area contributed by atoms with Crippen LogP contribution in [0.5, 0.6) is 0 Å². The van der Waals surface area contributed by atoms with Gasteiger partial charge in [-0.2, -0.15) is 4.98 Å². The van der Waals surface area contributed by atoms with Crippen LogP contribution in [0.2, 0.25) is 0 Å². The minimum Gasteiger partial charge on any atom is -0.391 e. The number of rotatable bonds is 11. The number of fused-ring (bicyclic) bond motifs is 2. The zero-order chi connectivity index (χ0) is 31.1. The first-order valence-corrected chi connectivity index (χ1v) is 15.4. The maximum atomic E-state index is 13.1. The van der Waals surface area contributed by atoms with E-state index >= 15 is 0 Å². The van der Waals surface area contributed by atoms with E-state index in [1.165, 1.54) is 24.3 Å². The van der Waals surface area contributed by atoms with Crippen LogP contribution in [0.1, 0.15) is 25.1 Å². The Kier molecular flexibility index (Phi) is 8.60. The summed E-state index contributed by atoms with van der Waals surface area (Å²) in [4.78, 5) is 44.5. The summed E-state index contributed by atoms with van der Waals surface area (Å²) in [6.07, 6.45) is 0.00729. The number of ether oxygens (including phenoxy) is 2. The molecule has 20 nitrogen and oxygen atoms in total. The molecule has 1 aliphatic carbocycles. The fraction of sp³-hybridized carbons (Fsp3) is 0.545. The molecule has 7 N–H and O–H groups in total. The van der Waals surface area contributed by atoms with Crippen LogP contribution in [0.15, 0.2) is 23.8 Å². The Morgan fingerprint density at radius 1 is 1.05 bits per heavy atom. The third-order valence-corrected chi connectivity index (χ3v) is 8.74. The fourth-order valence-corrected chi connectivity index (χ4v) is 6.76. The predicted octanol–water partition coefficient (Wildman–Crippen LogP) is 0.0738. The number of imidazole rings is 2. The highest BCUT2D eigenvalue weighted by molar-refractivity contribution is 7.33. The monoisotopic (exact) mass is 654 g/mol. The molecule has 1 saturated heterocycles. The molecule has 44 heavy (non-hydrogen) atoms. The number of aliphatic hydroxyl groups is 1. The Labute approximate surface area is 248 Å². The Hall–Kier alpha value is -3.58. The normalized spacial score (nSPS) is 27.8. The first-order valence-electron chi connectivity index (χ1n) is 13.2. The lowest BCUT2D eigenvalue weighted by atomic mass is 10.1. The minimum absolute atomic E-state index is 0.0125. The van der Waals surface area contributed by atoms with E-state index in [9.17, 15) is 19.0 Å². The number of hydrogen-bond donors (Lipinski definition) is 5. The number of H-pyrrole nitrogens is 1. The van der Waals surface area contributed by atoms with Crippen molar-refractivity contribution in [1.29, 1.82) is 0 Å². The number of nitrogen functional groups attached to an aromatic ring is 2. The quantitative estimate of drug-likeness (QED) is 0.134. The molecule has 1 saturated carbocycles. The molecule has 5 heterocycles.